The summed E-state index contributed by atoms with van der Waals surface area (Å²) in [5.74, 6) is 0.315. The second kappa shape index (κ2) is 47.9. The molecule has 5 aromatic carbocycles. The summed E-state index contributed by atoms with van der Waals surface area (Å²) >= 11 is -2.95. The molecule has 63 heavy (non-hydrogen) atoms. The first kappa shape index (κ1) is 69.0. The fourth-order valence-corrected chi connectivity index (χ4v) is 5.45. The molecule has 0 aromatic heterocycles. The van der Waals surface area contributed by atoms with Gasteiger partial charge >= 0.3 is 81.6 Å². The van der Waals surface area contributed by atoms with Gasteiger partial charge in [0, 0.05) is 33.5 Å². The van der Waals surface area contributed by atoms with Crippen molar-refractivity contribution in [3.05, 3.63) is 182 Å². The van der Waals surface area contributed by atoms with Crippen LogP contribution in [0, 0.1) is 14.9 Å². The van der Waals surface area contributed by atoms with E-state index in [0.29, 0.717) is 5.75 Å². The Balaban J connectivity index is -0.000000339. The largest absolute Gasteiger partial charge is 0 e. The minimum Gasteiger partial charge on any atom is 0 e. The van der Waals surface area contributed by atoms with E-state index >= 15 is 0 Å². The summed E-state index contributed by atoms with van der Waals surface area (Å²) in [4.78, 5) is 4.38. The predicted octanol–water partition coefficient (Wildman–Crippen LogP) is 16.2. The minimum absolute atomic E-state index is 0. The summed E-state index contributed by atoms with van der Waals surface area (Å²) in [7, 11) is 24.9. The van der Waals surface area contributed by atoms with Crippen molar-refractivity contribution < 1.29 is 81.2 Å². The third-order valence-electron chi connectivity index (χ3n) is 8.56. The normalized spacial score (nSPS) is 11.5. The van der Waals surface area contributed by atoms with Gasteiger partial charge in [0.05, 0.1) is 25.5 Å². The number of nitrogens with zero attached hydrogens (tertiary/aromatic N) is 1. The number of phenolic OH excluding ortho intramolecular Hbond substituents is 1. The quantitative estimate of drug-likeness (QED) is 0.0801. The summed E-state index contributed by atoms with van der Waals surface area (Å²) in [6.07, 6.45) is 16.7. The molecule has 2 aliphatic carbocycles. The number of aliphatic hydroxyl groups excluding tert-OH is 3. The first-order valence-corrected chi connectivity index (χ1v) is 35.9. The fraction of sp³-hybridized carbons (Fsp3) is 0.340. The Morgan fingerprint density at radius 2 is 0.794 bits per heavy atom. The number of hydrogen-bond donors (Lipinski definition) is 4. The van der Waals surface area contributed by atoms with E-state index in [2.05, 4.69) is 25.8 Å². The Labute approximate surface area is 433 Å². The summed E-state index contributed by atoms with van der Waals surface area (Å²) in [6, 6.07) is 44.1. The third-order valence-corrected chi connectivity index (χ3v) is 8.56. The van der Waals surface area contributed by atoms with E-state index in [4.69, 9.17) is 57.9 Å². The molecule has 0 aliphatic heterocycles. The first-order valence-electron chi connectivity index (χ1n) is 20.1. The van der Waals surface area contributed by atoms with Gasteiger partial charge < -0.3 is 35.3 Å². The molecule has 5 nitrogen and oxygen atoms in total. The Morgan fingerprint density at radius 1 is 0.524 bits per heavy atom. The monoisotopic (exact) mass is 1150 g/mol. The molecule has 0 spiro atoms. The molecule has 2 fully saturated rings. The van der Waals surface area contributed by atoms with Crippen LogP contribution >= 0.6 is 42.6 Å². The molecule has 2 aliphatic rings. The number of halogens is 5. The first-order chi connectivity index (χ1) is 28.9. The molecule has 0 bridgehead atoms. The standard InChI is InChI=1S/C17H19NO.3C7H8O.2C5H10.2CH3.5ClH.Ti.2Zr/c1-17(2,3)15-11-7-8-13(16(15)19)12-18-14-9-5-4-6-10-14;3*8-6-7-4-2-1-3-5-7;2*1-2-4-5-3-1;;;;;;;;;;/h4-12,19H,1-3H3;3*1-5,8H,6H2;2*1-5H2;2*1H3;5*1H;;;/q;;;;;;2*-1;;;;;;;+2;+3/p-5. The summed E-state index contributed by atoms with van der Waals surface area (Å²) in [5, 5.41) is 35.9. The van der Waals surface area contributed by atoms with Crippen molar-refractivity contribution in [2.24, 2.45) is 4.99 Å². The molecule has 0 heterocycles. The van der Waals surface area contributed by atoms with Crippen LogP contribution in [-0.4, -0.2) is 26.6 Å². The van der Waals surface area contributed by atoms with Crippen LogP contribution in [0.3, 0.4) is 0 Å². The van der Waals surface area contributed by atoms with Crippen molar-refractivity contribution in [3.8, 4) is 5.75 Å². The zero-order valence-electron chi connectivity index (χ0n) is 37.7. The Hall–Kier alpha value is -0.619. The number of aliphatic imine (C=N–C) groups is 1. The van der Waals surface area contributed by atoms with Crippen LogP contribution in [0.4, 0.5) is 5.69 Å². The number of phenols is 1. The molecule has 0 atom stereocenters. The number of benzene rings is 5. The molecule has 7 rings (SSSR count). The molecule has 0 saturated heterocycles. The van der Waals surface area contributed by atoms with Crippen LogP contribution in [0.5, 0.6) is 5.75 Å². The fourth-order valence-electron chi connectivity index (χ4n) is 5.45. The van der Waals surface area contributed by atoms with Gasteiger partial charge in [0.1, 0.15) is 5.75 Å². The molecule has 2 saturated carbocycles. The average molecular weight is 1160 g/mol. The van der Waals surface area contributed by atoms with Gasteiger partial charge in [-0.25, -0.2) is 0 Å². The SMILES string of the molecule is C1CCCC1.C1CCCC1.CC(C)(C)c1cccc(C=Nc2ccccc2)c1O.OCc1ccccc1.OCc1ccccc1.OCc1ccccc1.[CH3-].[CH3-].[Cl][Zr]([Cl])[Cl].[Cl][Zr][Cl].[Ti]. The number of aliphatic hydroxyl groups is 3. The Kier molecular flexibility index (Phi) is 52.4. The maximum Gasteiger partial charge on any atom is 0 e. The van der Waals surface area contributed by atoms with Crippen LogP contribution in [-0.2, 0) is 86.0 Å². The summed E-state index contributed by atoms with van der Waals surface area (Å²) < 4.78 is 0. The topological polar surface area (TPSA) is 93.3 Å². The van der Waals surface area contributed by atoms with E-state index in [1.807, 2.05) is 140 Å². The Bertz CT molecular complexity index is 1580. The van der Waals surface area contributed by atoms with E-state index in [1.165, 1.54) is 64.2 Å². The number of para-hydroxylation sites is 2. The molecule has 0 radical (unpaired) electrons. The van der Waals surface area contributed by atoms with Crippen LogP contribution in [0.2, 0.25) is 0 Å². The van der Waals surface area contributed by atoms with E-state index in [9.17, 15) is 5.11 Å². The van der Waals surface area contributed by atoms with Gasteiger partial charge in [-0.2, -0.15) is 0 Å². The molecule has 0 amide bonds. The van der Waals surface area contributed by atoms with E-state index < -0.39 is 39.0 Å². The predicted molar refractivity (Wildman–Crippen MR) is 266 cm³/mol. The zero-order valence-corrected chi connectivity index (χ0v) is 47.9. The number of hydrogen-bond acceptors (Lipinski definition) is 5. The van der Waals surface area contributed by atoms with Crippen LogP contribution in [0.1, 0.15) is 113 Å². The molecule has 347 valence electrons. The van der Waals surface area contributed by atoms with Gasteiger partial charge in [0.15, 0.2) is 0 Å². The second-order valence-electron chi connectivity index (χ2n) is 14.3. The van der Waals surface area contributed by atoms with Gasteiger partial charge in [-0.1, -0.05) is 206 Å². The third kappa shape index (κ3) is 41.3. The molecule has 0 unspecified atom stereocenters. The molecular formula is C50H69Cl5NO4TiZr2-2. The van der Waals surface area contributed by atoms with Gasteiger partial charge in [-0.3, -0.25) is 4.99 Å². The second-order valence-corrected chi connectivity index (χ2v) is 29.3. The van der Waals surface area contributed by atoms with Crippen molar-refractivity contribution in [1.29, 1.82) is 0 Å². The molecule has 13 heteroatoms. The van der Waals surface area contributed by atoms with Gasteiger partial charge in [-0.05, 0) is 45.9 Å². The minimum atomic E-state index is -2.13. The Morgan fingerprint density at radius 3 is 1.03 bits per heavy atom. The average Bonchev–Trinajstić information content (AvgIpc) is 4.07. The van der Waals surface area contributed by atoms with Crippen LogP contribution in [0.15, 0.2) is 145 Å². The summed E-state index contributed by atoms with van der Waals surface area (Å²) in [5.41, 5.74) is 5.37. The summed E-state index contributed by atoms with van der Waals surface area (Å²) in [6.45, 7) is 6.67. The molecule has 5 aromatic rings. The van der Waals surface area contributed by atoms with E-state index in [0.717, 1.165) is 33.5 Å². The van der Waals surface area contributed by atoms with Crippen LogP contribution < -0.4 is 0 Å². The van der Waals surface area contributed by atoms with Crippen molar-refractivity contribution in [2.45, 2.75) is 110 Å². The van der Waals surface area contributed by atoms with Crippen molar-refractivity contribution >= 4 is 54.5 Å². The van der Waals surface area contributed by atoms with Crippen molar-refractivity contribution in [2.75, 3.05) is 0 Å². The maximum absolute atomic E-state index is 10.3. The van der Waals surface area contributed by atoms with Crippen molar-refractivity contribution in [3.63, 3.8) is 0 Å². The van der Waals surface area contributed by atoms with E-state index in [-0.39, 0.29) is 61.8 Å². The van der Waals surface area contributed by atoms with E-state index in [1.54, 1.807) is 6.21 Å². The molecular weight excluding hydrogens is 1090 g/mol. The van der Waals surface area contributed by atoms with Gasteiger partial charge in [-0.15, -0.1) is 0 Å². The van der Waals surface area contributed by atoms with Gasteiger partial charge in [0.25, 0.3) is 0 Å². The van der Waals surface area contributed by atoms with Gasteiger partial charge in [0.2, 0.25) is 0 Å². The zero-order chi connectivity index (χ0) is 44.7. The maximum atomic E-state index is 10.3. The number of rotatable bonds is 5. The van der Waals surface area contributed by atoms with Crippen molar-refractivity contribution in [1.82, 2.24) is 0 Å². The smallest absolute Gasteiger partial charge is 0 e. The molecule has 4 N–H and O–H groups in total. The number of aromatic hydroxyl groups is 1. The van der Waals surface area contributed by atoms with Crippen LogP contribution in [0.25, 0.3) is 0 Å².